The first-order chi connectivity index (χ1) is 11.1. The van der Waals surface area contributed by atoms with E-state index in [4.69, 9.17) is 9.47 Å². The van der Waals surface area contributed by atoms with Gasteiger partial charge in [-0.05, 0) is 63.4 Å². The molecule has 6 heteroatoms. The predicted octanol–water partition coefficient (Wildman–Crippen LogP) is 2.90. The first-order valence-electron chi connectivity index (χ1n) is 8.27. The van der Waals surface area contributed by atoms with Gasteiger partial charge in [0.15, 0.2) is 11.5 Å². The maximum Gasteiger partial charge on any atom is 0.254 e. The summed E-state index contributed by atoms with van der Waals surface area (Å²) < 4.78 is 10.6. The van der Waals surface area contributed by atoms with Gasteiger partial charge < -0.3 is 19.7 Å². The summed E-state index contributed by atoms with van der Waals surface area (Å²) in [7, 11) is 5.18. The molecule has 1 aliphatic heterocycles. The molecule has 1 heterocycles. The molecule has 0 spiro atoms. The molecule has 0 radical (unpaired) electrons. The minimum Gasteiger partial charge on any atom is -0.493 e. The van der Waals surface area contributed by atoms with Gasteiger partial charge in [0, 0.05) is 18.7 Å². The second-order valence-electron chi connectivity index (χ2n) is 6.15. The zero-order chi connectivity index (χ0) is 16.8. The normalized spacial score (nSPS) is 14.9. The van der Waals surface area contributed by atoms with E-state index in [9.17, 15) is 4.79 Å². The number of ether oxygens (including phenoxy) is 2. The van der Waals surface area contributed by atoms with Gasteiger partial charge in [0.05, 0.1) is 14.2 Å². The lowest BCUT2D eigenvalue weighted by Gasteiger charge is -2.32. The number of piperidine rings is 1. The Morgan fingerprint density at radius 3 is 2.33 bits per heavy atom. The Kier molecular flexibility index (Phi) is 8.36. The van der Waals surface area contributed by atoms with E-state index in [-0.39, 0.29) is 18.3 Å². The molecule has 0 aliphatic carbocycles. The molecule has 1 amide bonds. The smallest absolute Gasteiger partial charge is 0.254 e. The van der Waals surface area contributed by atoms with Gasteiger partial charge in [-0.15, -0.1) is 12.4 Å². The van der Waals surface area contributed by atoms with Gasteiger partial charge in [-0.25, -0.2) is 0 Å². The number of hydrogen-bond acceptors (Lipinski definition) is 4. The second-order valence-corrected chi connectivity index (χ2v) is 6.15. The molecule has 0 aromatic heterocycles. The van der Waals surface area contributed by atoms with E-state index in [0.717, 1.165) is 44.0 Å². The van der Waals surface area contributed by atoms with Crippen LogP contribution in [0.5, 0.6) is 11.5 Å². The summed E-state index contributed by atoms with van der Waals surface area (Å²) in [6.45, 7) is 4.66. The van der Waals surface area contributed by atoms with Gasteiger partial charge in [0.25, 0.3) is 5.91 Å². The maximum absolute atomic E-state index is 12.8. The van der Waals surface area contributed by atoms with Crippen LogP contribution < -0.4 is 14.8 Å². The molecular formula is C18H29ClN2O3. The maximum atomic E-state index is 12.8. The van der Waals surface area contributed by atoms with E-state index in [1.54, 1.807) is 20.3 Å². The Morgan fingerprint density at radius 2 is 1.79 bits per heavy atom. The Bertz CT molecular complexity index is 543. The Balaban J connectivity index is 0.00000288. The van der Waals surface area contributed by atoms with Crippen molar-refractivity contribution in [1.82, 2.24) is 10.2 Å². The van der Waals surface area contributed by atoms with E-state index >= 15 is 0 Å². The zero-order valence-corrected chi connectivity index (χ0v) is 15.9. The SMILES string of the molecule is CNCCC1CCN(C(=O)c2cc(OC)c(OC)cc2C)CC1.Cl. The minimum absolute atomic E-state index is 0. The van der Waals surface area contributed by atoms with Crippen LogP contribution in [0.15, 0.2) is 12.1 Å². The molecule has 1 aromatic rings. The monoisotopic (exact) mass is 356 g/mol. The highest BCUT2D eigenvalue weighted by Gasteiger charge is 2.25. The summed E-state index contributed by atoms with van der Waals surface area (Å²) in [4.78, 5) is 14.8. The van der Waals surface area contributed by atoms with Crippen molar-refractivity contribution in [3.05, 3.63) is 23.3 Å². The van der Waals surface area contributed by atoms with Crippen LogP contribution in [-0.4, -0.2) is 51.7 Å². The molecule has 136 valence electrons. The highest BCUT2D eigenvalue weighted by Crippen LogP contribution is 2.31. The number of methoxy groups -OCH3 is 2. The molecule has 24 heavy (non-hydrogen) atoms. The van der Waals surface area contributed by atoms with Crippen molar-refractivity contribution in [2.45, 2.75) is 26.2 Å². The molecular weight excluding hydrogens is 328 g/mol. The van der Waals surface area contributed by atoms with Gasteiger partial charge in [0.1, 0.15) is 0 Å². The summed E-state index contributed by atoms with van der Waals surface area (Å²) in [6, 6.07) is 3.66. The standard InChI is InChI=1S/C18H28N2O3.ClH/c1-13-11-16(22-3)17(23-4)12-15(13)18(21)20-9-6-14(7-10-20)5-8-19-2;/h11-12,14,19H,5-10H2,1-4H3;1H. The van der Waals surface area contributed by atoms with Crippen molar-refractivity contribution in [3.8, 4) is 11.5 Å². The van der Waals surface area contributed by atoms with E-state index in [0.29, 0.717) is 17.1 Å². The molecule has 1 aromatic carbocycles. The molecule has 2 rings (SSSR count). The van der Waals surface area contributed by atoms with E-state index in [1.807, 2.05) is 24.9 Å². The van der Waals surface area contributed by atoms with Crippen LogP contribution in [0.2, 0.25) is 0 Å². The molecule has 0 bridgehead atoms. The summed E-state index contributed by atoms with van der Waals surface area (Å²) >= 11 is 0. The van der Waals surface area contributed by atoms with E-state index in [2.05, 4.69) is 5.32 Å². The lowest BCUT2D eigenvalue weighted by atomic mass is 9.93. The lowest BCUT2D eigenvalue weighted by Crippen LogP contribution is -2.39. The minimum atomic E-state index is 0. The first kappa shape index (κ1) is 20.6. The van der Waals surface area contributed by atoms with Crippen molar-refractivity contribution in [1.29, 1.82) is 0 Å². The molecule has 0 saturated carbocycles. The number of nitrogens with zero attached hydrogens (tertiary/aromatic N) is 1. The van der Waals surface area contributed by atoms with Crippen LogP contribution in [-0.2, 0) is 0 Å². The van der Waals surface area contributed by atoms with Crippen molar-refractivity contribution >= 4 is 18.3 Å². The Labute approximate surface area is 151 Å². The number of benzene rings is 1. The third kappa shape index (κ3) is 4.77. The lowest BCUT2D eigenvalue weighted by molar-refractivity contribution is 0.0686. The highest BCUT2D eigenvalue weighted by molar-refractivity contribution is 5.96. The fraction of sp³-hybridized carbons (Fsp3) is 0.611. The van der Waals surface area contributed by atoms with Crippen molar-refractivity contribution in [2.75, 3.05) is 40.9 Å². The van der Waals surface area contributed by atoms with E-state index in [1.165, 1.54) is 6.42 Å². The van der Waals surface area contributed by atoms with Gasteiger partial charge in [-0.1, -0.05) is 0 Å². The summed E-state index contributed by atoms with van der Waals surface area (Å²) in [5, 5.41) is 3.20. The van der Waals surface area contributed by atoms with Crippen LogP contribution in [0.4, 0.5) is 0 Å². The van der Waals surface area contributed by atoms with Crippen LogP contribution in [0, 0.1) is 12.8 Å². The number of halogens is 1. The average Bonchev–Trinajstić information content (AvgIpc) is 2.59. The summed E-state index contributed by atoms with van der Waals surface area (Å²) in [6.07, 6.45) is 3.35. The van der Waals surface area contributed by atoms with Crippen LogP contribution in [0.1, 0.15) is 35.2 Å². The third-order valence-corrected chi connectivity index (χ3v) is 4.67. The number of hydrogen-bond donors (Lipinski definition) is 1. The molecule has 0 atom stereocenters. The van der Waals surface area contributed by atoms with Crippen molar-refractivity contribution in [3.63, 3.8) is 0 Å². The summed E-state index contributed by atoms with van der Waals surface area (Å²) in [5.41, 5.74) is 1.63. The van der Waals surface area contributed by atoms with Crippen molar-refractivity contribution in [2.24, 2.45) is 5.92 Å². The Morgan fingerprint density at radius 1 is 1.21 bits per heavy atom. The number of aryl methyl sites for hydroxylation is 1. The number of carbonyl (C=O) groups is 1. The van der Waals surface area contributed by atoms with Gasteiger partial charge >= 0.3 is 0 Å². The van der Waals surface area contributed by atoms with Crippen LogP contribution >= 0.6 is 12.4 Å². The zero-order valence-electron chi connectivity index (χ0n) is 15.1. The molecule has 5 nitrogen and oxygen atoms in total. The number of amides is 1. The second kappa shape index (κ2) is 9.74. The molecule has 1 saturated heterocycles. The van der Waals surface area contributed by atoms with Crippen LogP contribution in [0.25, 0.3) is 0 Å². The first-order valence-corrected chi connectivity index (χ1v) is 8.27. The number of nitrogens with one attached hydrogen (secondary N) is 1. The van der Waals surface area contributed by atoms with Gasteiger partial charge in [-0.3, -0.25) is 4.79 Å². The van der Waals surface area contributed by atoms with Gasteiger partial charge in [0.2, 0.25) is 0 Å². The topological polar surface area (TPSA) is 50.8 Å². The number of carbonyl (C=O) groups excluding carboxylic acids is 1. The van der Waals surface area contributed by atoms with E-state index < -0.39 is 0 Å². The average molecular weight is 357 g/mol. The van der Waals surface area contributed by atoms with Crippen molar-refractivity contribution < 1.29 is 14.3 Å². The third-order valence-electron chi connectivity index (χ3n) is 4.67. The molecule has 1 fully saturated rings. The van der Waals surface area contributed by atoms with Gasteiger partial charge in [-0.2, -0.15) is 0 Å². The Hall–Kier alpha value is -1.46. The molecule has 1 aliphatic rings. The van der Waals surface area contributed by atoms with Crippen LogP contribution in [0.3, 0.4) is 0 Å². The highest BCUT2D eigenvalue weighted by atomic mass is 35.5. The quantitative estimate of drug-likeness (QED) is 0.851. The predicted molar refractivity (Wildman–Crippen MR) is 98.7 cm³/mol. The fourth-order valence-corrected chi connectivity index (χ4v) is 3.15. The summed E-state index contributed by atoms with van der Waals surface area (Å²) in [5.74, 6) is 2.08. The fourth-order valence-electron chi connectivity index (χ4n) is 3.15. The molecule has 0 unspecified atom stereocenters. The molecule has 1 N–H and O–H groups in total. The number of rotatable bonds is 6. The largest absolute Gasteiger partial charge is 0.493 e. The number of likely N-dealkylation sites (tertiary alicyclic amines) is 1.